The molecule has 0 radical (unpaired) electrons. The third-order valence-electron chi connectivity index (χ3n) is 7.59. The van der Waals surface area contributed by atoms with E-state index in [4.69, 9.17) is 0 Å². The normalized spacial score (nSPS) is 19.8. The Balaban J connectivity index is 0.000000696. The van der Waals surface area contributed by atoms with Crippen molar-refractivity contribution in [3.05, 3.63) is 20.5 Å². The second-order valence-corrected chi connectivity index (χ2v) is 17.1. The van der Waals surface area contributed by atoms with Crippen LogP contribution in [-0.2, 0) is 40.1 Å². The first-order chi connectivity index (χ1) is 21.0. The maximum atomic E-state index is 11.4. The zero-order chi connectivity index (χ0) is 38.6. The average molecular weight is 813 g/mol. The van der Waals surface area contributed by atoms with Crippen LogP contribution in [0.25, 0.3) is 8.25 Å². The Morgan fingerprint density at radius 2 is 0.812 bits per heavy atom. The van der Waals surface area contributed by atoms with Gasteiger partial charge in [0.05, 0.1) is 39.3 Å². The highest BCUT2D eigenvalue weighted by atomic mass is 32.3. The number of halogens is 12. The van der Waals surface area contributed by atoms with Crippen LogP contribution in [0.2, 0.25) is 0 Å². The second-order valence-electron chi connectivity index (χ2n) is 10.3. The van der Waals surface area contributed by atoms with Gasteiger partial charge in [0.1, 0.15) is 0 Å². The molecule has 2 fully saturated rings. The molecule has 0 saturated carbocycles. The molecule has 0 aromatic carbocycles. The van der Waals surface area contributed by atoms with Gasteiger partial charge in [-0.25, -0.2) is 33.7 Å². The van der Waals surface area contributed by atoms with E-state index >= 15 is 0 Å². The van der Waals surface area contributed by atoms with Crippen molar-refractivity contribution in [2.24, 2.45) is 0 Å². The zero-order valence-corrected chi connectivity index (χ0v) is 28.3. The van der Waals surface area contributed by atoms with Crippen molar-refractivity contribution in [1.29, 1.82) is 0 Å². The minimum atomic E-state index is -6.72. The van der Waals surface area contributed by atoms with E-state index in [1.54, 1.807) is 0 Å². The van der Waals surface area contributed by atoms with E-state index in [1.165, 1.54) is 79.6 Å². The Morgan fingerprint density at radius 1 is 0.562 bits per heavy atom. The van der Waals surface area contributed by atoms with E-state index in [0.29, 0.717) is 6.04 Å². The Hall–Kier alpha value is -1.46. The van der Waals surface area contributed by atoms with Gasteiger partial charge in [-0.05, 0) is 27.4 Å². The monoisotopic (exact) mass is 812 g/mol. The maximum absolute atomic E-state index is 11.4. The van der Waals surface area contributed by atoms with Gasteiger partial charge in [0.25, 0.3) is 0 Å². The predicted octanol–water partition coefficient (Wildman–Crippen LogP) is 5.27. The molecule has 28 heteroatoms. The van der Waals surface area contributed by atoms with Crippen LogP contribution < -0.4 is 0 Å². The number of nitrogens with zero attached hydrogens (tertiary/aromatic N) is 4. The molecule has 2 heterocycles. The Bertz CT molecular complexity index is 1370. The third-order valence-corrected chi connectivity index (χ3v) is 13.1. The molecule has 48 heavy (non-hydrogen) atoms. The number of alkyl halides is 12. The number of likely N-dealkylation sites (tertiary alicyclic amines) is 2. The lowest BCUT2D eigenvalue weighted by atomic mass is 10.1. The minimum Gasteiger partial charge on any atom is -0.421 e. The molecule has 0 N–H and O–H groups in total. The van der Waals surface area contributed by atoms with E-state index in [-0.39, 0.29) is 0 Å². The van der Waals surface area contributed by atoms with Crippen molar-refractivity contribution < 1.29 is 95.3 Å². The molecule has 2 aliphatic rings. The van der Waals surface area contributed by atoms with Gasteiger partial charge in [-0.2, -0.15) is 52.7 Å². The number of hydrogen-bond donors (Lipinski definition) is 0. The third kappa shape index (κ3) is 11.3. The lowest BCUT2D eigenvalue weighted by molar-refractivity contribution is -0.963. The van der Waals surface area contributed by atoms with Gasteiger partial charge in [-0.15, -0.1) is 0 Å². The van der Waals surface area contributed by atoms with Gasteiger partial charge in [0, 0.05) is 25.7 Å². The van der Waals surface area contributed by atoms with Crippen LogP contribution in [0.15, 0.2) is 12.3 Å². The van der Waals surface area contributed by atoms with Crippen molar-refractivity contribution >= 4 is 40.1 Å². The van der Waals surface area contributed by atoms with E-state index in [0.717, 1.165) is 8.25 Å². The fraction of sp³-hybridized carbons (Fsp3) is 0.900. The van der Waals surface area contributed by atoms with Crippen molar-refractivity contribution in [3.8, 4) is 0 Å². The van der Waals surface area contributed by atoms with Crippen molar-refractivity contribution in [1.82, 2.24) is 0 Å². The van der Waals surface area contributed by atoms with Gasteiger partial charge in [-0.1, -0.05) is 0 Å². The maximum Gasteiger partial charge on any atom is 0.480 e. The molecule has 0 aromatic rings. The van der Waals surface area contributed by atoms with E-state index in [1.807, 2.05) is 0 Å². The van der Waals surface area contributed by atoms with Crippen LogP contribution in [0.5, 0.6) is 0 Å². The van der Waals surface area contributed by atoms with E-state index in [2.05, 4.69) is 27.4 Å². The second kappa shape index (κ2) is 15.4. The smallest absolute Gasteiger partial charge is 0.421 e. The van der Waals surface area contributed by atoms with Crippen molar-refractivity contribution in [2.45, 2.75) is 74.5 Å². The molecule has 2 rings (SSSR count). The molecular formula is C20H32F12N4O8S4. The van der Waals surface area contributed by atoms with Gasteiger partial charge < -0.3 is 12.7 Å². The molecule has 0 aliphatic carbocycles. The lowest BCUT2D eigenvalue weighted by Gasteiger charge is -2.44. The first-order valence-electron chi connectivity index (χ1n) is 13.2. The van der Waals surface area contributed by atoms with Gasteiger partial charge in [0.15, 0.2) is 51.8 Å². The Labute approximate surface area is 269 Å². The molecule has 2 saturated heterocycles. The van der Waals surface area contributed by atoms with Crippen molar-refractivity contribution in [3.63, 3.8) is 0 Å². The molecule has 1 atom stereocenters. The zero-order valence-electron chi connectivity index (χ0n) is 25.1. The number of likely N-dealkylation sites (N-methyl/N-ethyl adjacent to an activating group) is 2. The van der Waals surface area contributed by atoms with Crippen molar-refractivity contribution in [2.75, 3.05) is 39.3 Å². The summed E-state index contributed by atoms with van der Waals surface area (Å²) in [5.41, 5.74) is -23.3. The summed E-state index contributed by atoms with van der Waals surface area (Å²) in [6.07, 6.45) is 5.62. The van der Waals surface area contributed by atoms with Crippen LogP contribution in [0.3, 0.4) is 0 Å². The summed E-state index contributed by atoms with van der Waals surface area (Å²) in [5.74, 6) is 0. The van der Waals surface area contributed by atoms with Crippen LogP contribution in [0, 0.1) is 0 Å². The standard InChI is InChI=1S/C16H32N2.2C2F6NO4S2/c1-5-17(11-7-8-12-17)15(3)16(4)18(6-2)13-9-10-14-18;2*3-1(4,5)14(10,11)9-15(12,13)2(6,7)8/h16H,3,5-14H2,1-2,4H3;;/q+2;2*-1. The largest absolute Gasteiger partial charge is 0.480 e. The summed E-state index contributed by atoms with van der Waals surface area (Å²) in [6.45, 7) is 19.7. The number of rotatable bonds is 9. The van der Waals surface area contributed by atoms with Crippen LogP contribution in [0.1, 0.15) is 46.5 Å². The lowest BCUT2D eigenvalue weighted by Crippen LogP contribution is -2.58. The van der Waals surface area contributed by atoms with Gasteiger partial charge in [0.2, 0.25) is 0 Å². The van der Waals surface area contributed by atoms with Crippen LogP contribution >= 0.6 is 0 Å². The number of sulfonamides is 4. The summed E-state index contributed by atoms with van der Waals surface area (Å²) in [7, 11) is -26.9. The Morgan fingerprint density at radius 3 is 1.02 bits per heavy atom. The highest BCUT2D eigenvalue weighted by Crippen LogP contribution is 2.38. The molecule has 288 valence electrons. The first-order valence-corrected chi connectivity index (χ1v) is 18.9. The van der Waals surface area contributed by atoms with E-state index < -0.39 is 62.1 Å². The number of hydrogen-bond acceptors (Lipinski definition) is 8. The predicted molar refractivity (Wildman–Crippen MR) is 145 cm³/mol. The average Bonchev–Trinajstić information content (AvgIpc) is 3.56. The summed E-state index contributed by atoms with van der Waals surface area (Å²) in [4.78, 5) is 0. The minimum absolute atomic E-state index is 0.649. The van der Waals surface area contributed by atoms with Gasteiger partial charge >= 0.3 is 22.0 Å². The molecule has 12 nitrogen and oxygen atoms in total. The number of quaternary nitrogens is 2. The summed E-state index contributed by atoms with van der Waals surface area (Å²) in [5, 5.41) is 0. The summed E-state index contributed by atoms with van der Waals surface area (Å²) >= 11 is 0. The molecule has 0 aromatic heterocycles. The van der Waals surface area contributed by atoms with Crippen LogP contribution in [0.4, 0.5) is 52.7 Å². The molecule has 0 spiro atoms. The first kappa shape index (κ1) is 46.5. The quantitative estimate of drug-likeness (QED) is 0.225. The summed E-state index contributed by atoms with van der Waals surface area (Å²) < 4.78 is 221. The fourth-order valence-electron chi connectivity index (χ4n) is 4.83. The molecule has 2 aliphatic heterocycles. The van der Waals surface area contributed by atoms with Crippen LogP contribution in [-0.4, -0.2) is 110 Å². The highest BCUT2D eigenvalue weighted by Gasteiger charge is 2.49. The SMILES string of the molecule is C=C(C(C)[N+]1(CC)CCCC1)[N+]1(CC)CCCC1.O=S(=O)([N-]S(=O)(=O)C(F)(F)F)C(F)(F)F.O=S(=O)([N-]S(=O)(=O)C(F)(F)F)C(F)(F)F. The fourth-order valence-corrected chi connectivity index (χ4v) is 8.25. The summed E-state index contributed by atoms with van der Waals surface area (Å²) in [6, 6.07) is 0.649. The Kier molecular flexibility index (Phi) is 15.0. The van der Waals surface area contributed by atoms with Gasteiger partial charge in [-0.3, -0.25) is 4.48 Å². The molecule has 0 bridgehead atoms. The molecule has 0 amide bonds. The highest BCUT2D eigenvalue weighted by molar-refractivity contribution is 8.13. The molecular weight excluding hydrogens is 780 g/mol. The topological polar surface area (TPSA) is 165 Å². The molecule has 1 unspecified atom stereocenters. The van der Waals surface area contributed by atoms with E-state index in [9.17, 15) is 86.4 Å².